The van der Waals surface area contributed by atoms with Crippen LogP contribution < -0.4 is 11.1 Å². The quantitative estimate of drug-likeness (QED) is 0.469. The SMILES string of the molecule is CCc1cccc(CC)c1NC(=O)c1sc2nc3ccc(C)cc3cc2c1N. The van der Waals surface area contributed by atoms with Gasteiger partial charge < -0.3 is 11.1 Å². The van der Waals surface area contributed by atoms with Gasteiger partial charge in [0, 0.05) is 16.5 Å². The number of nitrogens with one attached hydrogen (secondary N) is 1. The van der Waals surface area contributed by atoms with Crippen molar-refractivity contribution in [3.05, 3.63) is 64.0 Å². The molecule has 28 heavy (non-hydrogen) atoms. The normalized spacial score (nSPS) is 11.2. The van der Waals surface area contributed by atoms with Crippen molar-refractivity contribution < 1.29 is 4.79 Å². The fourth-order valence-electron chi connectivity index (χ4n) is 3.57. The summed E-state index contributed by atoms with van der Waals surface area (Å²) in [5.74, 6) is -0.170. The molecule has 0 bridgehead atoms. The number of anilines is 2. The number of carbonyl (C=O) groups is 1. The molecular formula is C23H23N3OS. The highest BCUT2D eigenvalue weighted by Gasteiger charge is 2.19. The molecule has 0 spiro atoms. The Hall–Kier alpha value is -2.92. The standard InChI is InChI=1S/C23H23N3OS/c1-4-14-7-6-8-15(5-2)20(14)26-22(27)21-19(24)17-12-16-11-13(3)9-10-18(16)25-23(17)28-21/h6-12H,4-5,24H2,1-3H3,(H,26,27). The molecule has 0 fully saturated rings. The van der Waals surface area contributed by atoms with E-state index in [-0.39, 0.29) is 5.91 Å². The molecule has 0 aliphatic rings. The number of hydrogen-bond acceptors (Lipinski definition) is 4. The first-order chi connectivity index (χ1) is 13.5. The fraction of sp³-hybridized carbons (Fsp3) is 0.217. The van der Waals surface area contributed by atoms with Crippen LogP contribution in [0.5, 0.6) is 0 Å². The second kappa shape index (κ2) is 7.24. The molecule has 3 N–H and O–H groups in total. The van der Waals surface area contributed by atoms with Crippen molar-refractivity contribution in [3.8, 4) is 0 Å². The number of pyridine rings is 1. The number of carbonyl (C=O) groups excluding carboxylic acids is 1. The van der Waals surface area contributed by atoms with Crippen LogP contribution in [-0.4, -0.2) is 10.9 Å². The maximum atomic E-state index is 13.1. The van der Waals surface area contributed by atoms with Gasteiger partial charge in [-0.25, -0.2) is 4.98 Å². The van der Waals surface area contributed by atoms with Gasteiger partial charge in [-0.2, -0.15) is 0 Å². The van der Waals surface area contributed by atoms with Gasteiger partial charge in [0.25, 0.3) is 5.91 Å². The first-order valence-corrected chi connectivity index (χ1v) is 10.3. The van der Waals surface area contributed by atoms with Crippen molar-refractivity contribution in [1.29, 1.82) is 0 Å². The van der Waals surface area contributed by atoms with E-state index in [4.69, 9.17) is 10.7 Å². The van der Waals surface area contributed by atoms with Gasteiger partial charge >= 0.3 is 0 Å². The van der Waals surface area contributed by atoms with Crippen LogP contribution in [0.2, 0.25) is 0 Å². The number of fused-ring (bicyclic) bond motifs is 2. The fourth-order valence-corrected chi connectivity index (χ4v) is 4.54. The molecule has 1 amide bonds. The van der Waals surface area contributed by atoms with E-state index in [1.807, 2.05) is 24.3 Å². The molecule has 0 atom stereocenters. The Bertz CT molecular complexity index is 1190. The lowest BCUT2D eigenvalue weighted by Crippen LogP contribution is -2.15. The summed E-state index contributed by atoms with van der Waals surface area (Å²) in [6.07, 6.45) is 1.72. The van der Waals surface area contributed by atoms with Gasteiger partial charge in [0.15, 0.2) is 0 Å². The minimum absolute atomic E-state index is 0.170. The van der Waals surface area contributed by atoms with Gasteiger partial charge in [-0.3, -0.25) is 4.79 Å². The minimum Gasteiger partial charge on any atom is -0.397 e. The Kier molecular flexibility index (Phi) is 4.77. The molecule has 5 heteroatoms. The summed E-state index contributed by atoms with van der Waals surface area (Å²) in [6.45, 7) is 6.24. The molecule has 0 saturated heterocycles. The molecule has 2 heterocycles. The average molecular weight is 390 g/mol. The van der Waals surface area contributed by atoms with Gasteiger partial charge in [-0.05, 0) is 49.1 Å². The molecule has 0 aliphatic carbocycles. The van der Waals surface area contributed by atoms with Crippen molar-refractivity contribution in [2.24, 2.45) is 0 Å². The Morgan fingerprint density at radius 2 is 1.82 bits per heavy atom. The van der Waals surface area contributed by atoms with Crippen LogP contribution in [-0.2, 0) is 12.8 Å². The zero-order chi connectivity index (χ0) is 19.8. The van der Waals surface area contributed by atoms with Crippen LogP contribution in [0.4, 0.5) is 11.4 Å². The number of benzene rings is 2. The smallest absolute Gasteiger partial charge is 0.267 e. The largest absolute Gasteiger partial charge is 0.397 e. The van der Waals surface area contributed by atoms with E-state index in [2.05, 4.69) is 44.3 Å². The number of para-hydroxylation sites is 1. The van der Waals surface area contributed by atoms with Crippen molar-refractivity contribution in [2.75, 3.05) is 11.1 Å². The van der Waals surface area contributed by atoms with Gasteiger partial charge in [0.1, 0.15) is 9.71 Å². The van der Waals surface area contributed by atoms with E-state index >= 15 is 0 Å². The van der Waals surface area contributed by atoms with E-state index in [0.717, 1.165) is 50.8 Å². The summed E-state index contributed by atoms with van der Waals surface area (Å²) in [4.78, 5) is 19.1. The molecule has 0 aliphatic heterocycles. The molecule has 142 valence electrons. The molecule has 2 aromatic heterocycles. The van der Waals surface area contributed by atoms with Crippen LogP contribution in [0.25, 0.3) is 21.1 Å². The summed E-state index contributed by atoms with van der Waals surface area (Å²) in [7, 11) is 0. The molecule has 0 unspecified atom stereocenters. The summed E-state index contributed by atoms with van der Waals surface area (Å²) in [5.41, 5.74) is 12.1. The third-order valence-electron chi connectivity index (χ3n) is 5.11. The second-order valence-corrected chi connectivity index (χ2v) is 7.99. The van der Waals surface area contributed by atoms with Gasteiger partial charge in [0.05, 0.1) is 11.2 Å². The first kappa shape index (κ1) is 18.4. The lowest BCUT2D eigenvalue weighted by Gasteiger charge is -2.14. The summed E-state index contributed by atoms with van der Waals surface area (Å²) in [6, 6.07) is 14.3. The van der Waals surface area contributed by atoms with Gasteiger partial charge in [-0.1, -0.05) is 43.7 Å². The molecule has 0 saturated carbocycles. The molecular weight excluding hydrogens is 366 g/mol. The third kappa shape index (κ3) is 3.12. The number of aryl methyl sites for hydroxylation is 3. The van der Waals surface area contributed by atoms with Crippen molar-refractivity contribution in [3.63, 3.8) is 0 Å². The van der Waals surface area contributed by atoms with E-state index in [1.165, 1.54) is 16.9 Å². The Morgan fingerprint density at radius 1 is 1.11 bits per heavy atom. The number of amides is 1. The van der Waals surface area contributed by atoms with E-state index < -0.39 is 0 Å². The molecule has 2 aromatic carbocycles. The number of nitrogen functional groups attached to an aromatic ring is 1. The van der Waals surface area contributed by atoms with Crippen LogP contribution in [0, 0.1) is 6.92 Å². The summed E-state index contributed by atoms with van der Waals surface area (Å²) in [5, 5.41) is 4.99. The lowest BCUT2D eigenvalue weighted by molar-refractivity contribution is 0.103. The number of aromatic nitrogens is 1. The third-order valence-corrected chi connectivity index (χ3v) is 6.23. The zero-order valence-corrected chi connectivity index (χ0v) is 17.1. The Labute approximate surface area is 168 Å². The Morgan fingerprint density at radius 3 is 2.50 bits per heavy atom. The lowest BCUT2D eigenvalue weighted by atomic mass is 10.0. The predicted octanol–water partition coefficient (Wildman–Crippen LogP) is 5.72. The number of nitrogens with two attached hydrogens (primary N) is 1. The molecule has 0 radical (unpaired) electrons. The van der Waals surface area contributed by atoms with Crippen molar-refractivity contribution in [1.82, 2.24) is 4.98 Å². The Balaban J connectivity index is 1.78. The zero-order valence-electron chi connectivity index (χ0n) is 16.3. The number of nitrogens with zero attached hydrogens (tertiary/aromatic N) is 1. The minimum atomic E-state index is -0.170. The van der Waals surface area contributed by atoms with Crippen LogP contribution in [0.3, 0.4) is 0 Å². The van der Waals surface area contributed by atoms with Crippen LogP contribution in [0.15, 0.2) is 42.5 Å². The maximum Gasteiger partial charge on any atom is 0.267 e. The summed E-state index contributed by atoms with van der Waals surface area (Å²) < 4.78 is 0. The topological polar surface area (TPSA) is 68.0 Å². The highest BCUT2D eigenvalue weighted by atomic mass is 32.1. The number of thiophene rings is 1. The number of hydrogen-bond donors (Lipinski definition) is 2. The highest BCUT2D eigenvalue weighted by molar-refractivity contribution is 7.21. The van der Waals surface area contributed by atoms with Crippen molar-refractivity contribution in [2.45, 2.75) is 33.6 Å². The van der Waals surface area contributed by atoms with Gasteiger partial charge in [0.2, 0.25) is 0 Å². The van der Waals surface area contributed by atoms with Crippen LogP contribution in [0.1, 0.15) is 40.2 Å². The molecule has 4 rings (SSSR count). The van der Waals surface area contributed by atoms with Gasteiger partial charge in [-0.15, -0.1) is 11.3 Å². The van der Waals surface area contributed by atoms with E-state index in [1.54, 1.807) is 0 Å². The predicted molar refractivity (Wildman–Crippen MR) is 119 cm³/mol. The summed E-state index contributed by atoms with van der Waals surface area (Å²) >= 11 is 1.35. The highest BCUT2D eigenvalue weighted by Crippen LogP contribution is 2.35. The average Bonchev–Trinajstić information content (AvgIpc) is 3.02. The number of rotatable bonds is 4. The van der Waals surface area contributed by atoms with Crippen LogP contribution >= 0.6 is 11.3 Å². The molecule has 4 nitrogen and oxygen atoms in total. The molecule has 4 aromatic rings. The van der Waals surface area contributed by atoms with Crippen molar-refractivity contribution >= 4 is 49.7 Å². The second-order valence-electron chi connectivity index (χ2n) is 6.99. The monoisotopic (exact) mass is 389 g/mol. The maximum absolute atomic E-state index is 13.1. The van der Waals surface area contributed by atoms with E-state index in [9.17, 15) is 4.79 Å². The first-order valence-electron chi connectivity index (χ1n) is 9.53. The van der Waals surface area contributed by atoms with E-state index in [0.29, 0.717) is 10.6 Å².